The van der Waals surface area contributed by atoms with Gasteiger partial charge >= 0.3 is 6.09 Å². The van der Waals surface area contributed by atoms with E-state index in [1.807, 2.05) is 44.2 Å². The molecule has 1 saturated heterocycles. The van der Waals surface area contributed by atoms with Gasteiger partial charge in [-0.05, 0) is 49.4 Å². The molecule has 1 aromatic carbocycles. The molecule has 0 spiro atoms. The summed E-state index contributed by atoms with van der Waals surface area (Å²) in [6.45, 7) is 8.40. The Hall–Kier alpha value is -2.64. The van der Waals surface area contributed by atoms with Crippen LogP contribution in [0.25, 0.3) is 11.1 Å². The molecule has 3 rings (SSSR count). The summed E-state index contributed by atoms with van der Waals surface area (Å²) in [6.07, 6.45) is 2.24. The van der Waals surface area contributed by atoms with Crippen LogP contribution in [0.2, 0.25) is 0 Å². The van der Waals surface area contributed by atoms with Gasteiger partial charge < -0.3 is 24.4 Å². The van der Waals surface area contributed by atoms with Gasteiger partial charge in [-0.3, -0.25) is 4.79 Å². The summed E-state index contributed by atoms with van der Waals surface area (Å²) in [5.41, 5.74) is 1.77. The number of carbonyl (C=O) groups is 1. The molecule has 0 saturated carbocycles. The van der Waals surface area contributed by atoms with Gasteiger partial charge in [0.05, 0.1) is 11.6 Å². The molecule has 0 radical (unpaired) electrons. The van der Waals surface area contributed by atoms with E-state index in [0.717, 1.165) is 16.7 Å². The van der Waals surface area contributed by atoms with Crippen LogP contribution in [0, 0.1) is 5.92 Å². The third kappa shape index (κ3) is 5.99. The van der Waals surface area contributed by atoms with E-state index in [0.29, 0.717) is 25.9 Å². The van der Waals surface area contributed by atoms with Crippen molar-refractivity contribution in [3.05, 3.63) is 58.5 Å². The molecule has 7 nitrogen and oxygen atoms in total. The summed E-state index contributed by atoms with van der Waals surface area (Å²) < 4.78 is 7.15. The first kappa shape index (κ1) is 24.0. The number of aliphatic hydroxyl groups excluding tert-OH is 1. The lowest BCUT2D eigenvalue weighted by atomic mass is 9.97. The fraction of sp³-hybridized carbons (Fsp3) is 0.520. The van der Waals surface area contributed by atoms with Crippen LogP contribution in [0.4, 0.5) is 4.79 Å². The Kier molecular flexibility index (Phi) is 7.41. The predicted molar refractivity (Wildman–Crippen MR) is 123 cm³/mol. The topological polar surface area (TPSA) is 92.0 Å². The van der Waals surface area contributed by atoms with Crippen molar-refractivity contribution in [3.8, 4) is 11.1 Å². The molecule has 2 N–H and O–H groups in total. The number of benzene rings is 1. The number of hydrogen-bond acceptors (Lipinski definition) is 5. The maximum atomic E-state index is 12.5. The number of cyclic esters (lactones) is 1. The van der Waals surface area contributed by atoms with Crippen molar-refractivity contribution < 1.29 is 19.7 Å². The standard InChI is InChI=1S/C25H34N2O5/c1-17(16-28)15-26-11-9-21(13-23(26)29)20-7-5-19(6-8-20)18(2)27-12-10-22(32-24(27)30)14-25(3,4)31/h5-9,11,13,17-18,22,28,31H,10,12,14-16H2,1-4H3. The van der Waals surface area contributed by atoms with Gasteiger partial charge in [0.1, 0.15) is 6.10 Å². The number of hydrogen-bond donors (Lipinski definition) is 2. The molecule has 1 aliphatic heterocycles. The van der Waals surface area contributed by atoms with Crippen molar-refractivity contribution >= 4 is 6.09 Å². The average molecular weight is 443 g/mol. The van der Waals surface area contributed by atoms with Crippen LogP contribution < -0.4 is 5.56 Å². The van der Waals surface area contributed by atoms with Crippen molar-refractivity contribution in [1.82, 2.24) is 9.47 Å². The largest absolute Gasteiger partial charge is 0.446 e. The van der Waals surface area contributed by atoms with Crippen LogP contribution in [-0.4, -0.2) is 50.6 Å². The zero-order chi connectivity index (χ0) is 23.5. The summed E-state index contributed by atoms with van der Waals surface area (Å²) in [7, 11) is 0. The molecular formula is C25H34N2O5. The van der Waals surface area contributed by atoms with E-state index in [2.05, 4.69) is 0 Å². The summed E-state index contributed by atoms with van der Waals surface area (Å²) in [5, 5.41) is 19.2. The molecule has 3 atom stereocenters. The summed E-state index contributed by atoms with van der Waals surface area (Å²) in [6, 6.07) is 11.2. The number of rotatable bonds is 8. The minimum Gasteiger partial charge on any atom is -0.446 e. The molecule has 2 aromatic rings. The molecule has 0 bridgehead atoms. The van der Waals surface area contributed by atoms with Gasteiger partial charge in [0, 0.05) is 44.8 Å². The number of ether oxygens (including phenoxy) is 1. The van der Waals surface area contributed by atoms with Crippen molar-refractivity contribution in [3.63, 3.8) is 0 Å². The number of aromatic nitrogens is 1. The van der Waals surface area contributed by atoms with E-state index in [9.17, 15) is 19.8 Å². The zero-order valence-electron chi connectivity index (χ0n) is 19.3. The Labute approximate surface area is 189 Å². The highest BCUT2D eigenvalue weighted by Gasteiger charge is 2.33. The second kappa shape index (κ2) is 9.88. The minimum absolute atomic E-state index is 0.0196. The molecule has 174 valence electrons. The second-order valence-electron chi connectivity index (χ2n) is 9.50. The first-order valence-electron chi connectivity index (χ1n) is 11.2. The number of pyridine rings is 1. The lowest BCUT2D eigenvalue weighted by Gasteiger charge is -2.37. The number of carbonyl (C=O) groups excluding carboxylic acids is 1. The van der Waals surface area contributed by atoms with Gasteiger partial charge in [0.15, 0.2) is 0 Å². The average Bonchev–Trinajstić information content (AvgIpc) is 2.73. The van der Waals surface area contributed by atoms with Gasteiger partial charge in [0.2, 0.25) is 0 Å². The SMILES string of the molecule is CC(CO)Cn1ccc(-c2ccc(C(C)N3CCC(CC(C)(C)O)OC3=O)cc2)cc1=O. The van der Waals surface area contributed by atoms with Gasteiger partial charge in [-0.25, -0.2) is 4.79 Å². The van der Waals surface area contributed by atoms with Crippen molar-refractivity contribution in [2.75, 3.05) is 13.2 Å². The van der Waals surface area contributed by atoms with Crippen molar-refractivity contribution in [2.45, 2.75) is 64.8 Å². The van der Waals surface area contributed by atoms with E-state index in [1.165, 1.54) is 0 Å². The Balaban J connectivity index is 1.67. The van der Waals surface area contributed by atoms with Crippen LogP contribution in [0.15, 0.2) is 47.4 Å². The van der Waals surface area contributed by atoms with Crippen LogP contribution in [0.3, 0.4) is 0 Å². The first-order chi connectivity index (χ1) is 15.1. The maximum absolute atomic E-state index is 12.5. The minimum atomic E-state index is -0.869. The van der Waals surface area contributed by atoms with Crippen molar-refractivity contribution in [2.24, 2.45) is 5.92 Å². The van der Waals surface area contributed by atoms with Gasteiger partial charge in [0.25, 0.3) is 5.56 Å². The van der Waals surface area contributed by atoms with E-state index >= 15 is 0 Å². The van der Waals surface area contributed by atoms with E-state index < -0.39 is 5.60 Å². The molecular weight excluding hydrogens is 408 g/mol. The quantitative estimate of drug-likeness (QED) is 0.652. The first-order valence-corrected chi connectivity index (χ1v) is 11.2. The summed E-state index contributed by atoms with van der Waals surface area (Å²) in [5.74, 6) is 0.0196. The van der Waals surface area contributed by atoms with Crippen molar-refractivity contribution in [1.29, 1.82) is 0 Å². The fourth-order valence-electron chi connectivity index (χ4n) is 4.06. The van der Waals surface area contributed by atoms with Gasteiger partial charge in [-0.2, -0.15) is 0 Å². The normalized spacial score (nSPS) is 18.9. The Morgan fingerprint density at radius 3 is 2.38 bits per heavy atom. The Bertz CT molecular complexity index is 977. The number of nitrogens with zero attached hydrogens (tertiary/aromatic N) is 2. The van der Waals surface area contributed by atoms with E-state index in [-0.39, 0.29) is 36.3 Å². The molecule has 3 unspecified atom stereocenters. The Morgan fingerprint density at radius 2 is 1.81 bits per heavy atom. The lowest BCUT2D eigenvalue weighted by Crippen LogP contribution is -2.45. The summed E-state index contributed by atoms with van der Waals surface area (Å²) >= 11 is 0. The van der Waals surface area contributed by atoms with Crippen LogP contribution in [0.5, 0.6) is 0 Å². The zero-order valence-corrected chi connectivity index (χ0v) is 19.3. The highest BCUT2D eigenvalue weighted by molar-refractivity contribution is 5.69. The highest BCUT2D eigenvalue weighted by atomic mass is 16.6. The van der Waals surface area contributed by atoms with E-state index in [1.54, 1.807) is 35.6 Å². The third-order valence-electron chi connectivity index (χ3n) is 5.93. The molecule has 7 heteroatoms. The Morgan fingerprint density at radius 1 is 1.12 bits per heavy atom. The smallest absolute Gasteiger partial charge is 0.410 e. The molecule has 1 amide bonds. The molecule has 1 fully saturated rings. The van der Waals surface area contributed by atoms with Gasteiger partial charge in [-0.1, -0.05) is 31.2 Å². The third-order valence-corrected chi connectivity index (χ3v) is 5.93. The summed E-state index contributed by atoms with van der Waals surface area (Å²) in [4.78, 5) is 26.6. The molecule has 1 aromatic heterocycles. The van der Waals surface area contributed by atoms with Gasteiger partial charge in [-0.15, -0.1) is 0 Å². The highest BCUT2D eigenvalue weighted by Crippen LogP contribution is 2.29. The second-order valence-corrected chi connectivity index (χ2v) is 9.50. The van der Waals surface area contributed by atoms with Crippen LogP contribution in [-0.2, 0) is 11.3 Å². The van der Waals surface area contributed by atoms with Crippen LogP contribution >= 0.6 is 0 Å². The van der Waals surface area contributed by atoms with E-state index in [4.69, 9.17) is 4.74 Å². The number of amides is 1. The van der Waals surface area contributed by atoms with Crippen LogP contribution in [0.1, 0.15) is 52.1 Å². The molecule has 32 heavy (non-hydrogen) atoms. The fourth-order valence-corrected chi connectivity index (χ4v) is 4.06. The number of aliphatic hydroxyl groups is 2. The monoisotopic (exact) mass is 442 g/mol. The molecule has 1 aliphatic rings. The molecule has 2 heterocycles. The molecule has 0 aliphatic carbocycles. The maximum Gasteiger partial charge on any atom is 0.410 e. The lowest BCUT2D eigenvalue weighted by molar-refractivity contribution is -0.0309. The predicted octanol–water partition coefficient (Wildman–Crippen LogP) is 3.58.